The highest BCUT2D eigenvalue weighted by Gasteiger charge is 2.10. The van der Waals surface area contributed by atoms with Crippen LogP contribution in [0.15, 0.2) is 78.3 Å². The fourth-order valence-corrected chi connectivity index (χ4v) is 3.63. The lowest BCUT2D eigenvalue weighted by Crippen LogP contribution is -2.36. The Morgan fingerprint density at radius 2 is 1.58 bits per heavy atom. The van der Waals surface area contributed by atoms with Gasteiger partial charge in [0.05, 0.1) is 23.4 Å². The molecular weight excluding hydrogens is 386 g/mol. The Hall–Kier alpha value is -3.87. The highest BCUT2D eigenvalue weighted by molar-refractivity contribution is 5.79. The first-order valence-electron chi connectivity index (χ1n) is 10.3. The molecule has 158 valence electrons. The third kappa shape index (κ3) is 4.66. The van der Waals surface area contributed by atoms with E-state index in [1.807, 2.05) is 53.0 Å². The Balaban J connectivity index is 1.45. The number of guanidine groups is 1. The first kappa shape index (κ1) is 20.4. The fraction of sp³-hybridized carbons (Fsp3) is 0.208. The fourth-order valence-electron chi connectivity index (χ4n) is 3.63. The van der Waals surface area contributed by atoms with Gasteiger partial charge in [-0.25, -0.2) is 9.67 Å². The van der Waals surface area contributed by atoms with Crippen LogP contribution >= 0.6 is 0 Å². The number of para-hydroxylation sites is 2. The molecule has 4 rings (SSSR count). The van der Waals surface area contributed by atoms with Crippen LogP contribution in [0.3, 0.4) is 0 Å². The number of hydrogen-bond acceptors (Lipinski definition) is 3. The maximum atomic E-state index is 4.63. The van der Waals surface area contributed by atoms with E-state index < -0.39 is 0 Å². The van der Waals surface area contributed by atoms with Crippen LogP contribution in [0, 0.1) is 13.8 Å². The molecule has 0 aliphatic carbocycles. The molecule has 7 heteroatoms. The molecule has 0 radical (unpaired) electrons. The van der Waals surface area contributed by atoms with Gasteiger partial charge in [0.1, 0.15) is 0 Å². The summed E-state index contributed by atoms with van der Waals surface area (Å²) >= 11 is 0. The predicted molar refractivity (Wildman–Crippen MR) is 124 cm³/mol. The molecule has 0 unspecified atom stereocenters. The number of imidazole rings is 1. The average Bonchev–Trinajstić information content (AvgIpc) is 3.44. The number of aliphatic imine (C=N–C) groups is 1. The van der Waals surface area contributed by atoms with Gasteiger partial charge in [-0.3, -0.25) is 4.99 Å². The van der Waals surface area contributed by atoms with Crippen LogP contribution in [0.4, 0.5) is 0 Å². The summed E-state index contributed by atoms with van der Waals surface area (Å²) in [6.07, 6.45) is 5.54. The minimum Gasteiger partial charge on any atom is -0.352 e. The van der Waals surface area contributed by atoms with Gasteiger partial charge in [-0.15, -0.1) is 0 Å². The number of aromatic nitrogens is 4. The SMILES string of the molecule is CN=C(NCc1ccccc1-n1ccnc1)NCc1ccccc1-n1nc(C)cc1C. The van der Waals surface area contributed by atoms with Crippen LogP contribution in [0.25, 0.3) is 11.4 Å². The number of nitrogens with one attached hydrogen (secondary N) is 2. The summed E-state index contributed by atoms with van der Waals surface area (Å²) in [6.45, 7) is 5.37. The predicted octanol–water partition coefficient (Wildman–Crippen LogP) is 3.54. The molecule has 0 saturated heterocycles. The van der Waals surface area contributed by atoms with Crippen molar-refractivity contribution in [3.63, 3.8) is 0 Å². The van der Waals surface area contributed by atoms with E-state index in [0.717, 1.165) is 39.8 Å². The molecule has 7 nitrogen and oxygen atoms in total. The first-order chi connectivity index (χ1) is 15.2. The van der Waals surface area contributed by atoms with Crippen LogP contribution in [0.2, 0.25) is 0 Å². The van der Waals surface area contributed by atoms with Gasteiger partial charge < -0.3 is 15.2 Å². The standard InChI is InChI=1S/C24H27N7/c1-18-14-19(2)31(29-18)23-11-7-5-9-21(23)16-28-24(25-3)27-15-20-8-4-6-10-22(20)30-13-12-26-17-30/h4-14,17H,15-16H2,1-3H3,(H2,25,27,28). The average molecular weight is 414 g/mol. The highest BCUT2D eigenvalue weighted by atomic mass is 15.3. The summed E-state index contributed by atoms with van der Waals surface area (Å²) in [4.78, 5) is 8.54. The van der Waals surface area contributed by atoms with Gasteiger partial charge in [-0.05, 0) is 43.2 Å². The zero-order valence-electron chi connectivity index (χ0n) is 18.1. The van der Waals surface area contributed by atoms with Crippen LogP contribution in [0.5, 0.6) is 0 Å². The van der Waals surface area contributed by atoms with Crippen molar-refractivity contribution >= 4 is 5.96 Å². The molecule has 0 fully saturated rings. The second kappa shape index (κ2) is 9.30. The van der Waals surface area contributed by atoms with Gasteiger partial charge in [0.15, 0.2) is 5.96 Å². The van der Waals surface area contributed by atoms with E-state index in [4.69, 9.17) is 0 Å². The van der Waals surface area contributed by atoms with E-state index in [9.17, 15) is 0 Å². The smallest absolute Gasteiger partial charge is 0.191 e. The molecule has 0 aliphatic rings. The van der Waals surface area contributed by atoms with Crippen molar-refractivity contribution in [2.45, 2.75) is 26.9 Å². The lowest BCUT2D eigenvalue weighted by Gasteiger charge is -2.16. The molecule has 0 atom stereocenters. The van der Waals surface area contributed by atoms with E-state index in [1.54, 1.807) is 13.2 Å². The lowest BCUT2D eigenvalue weighted by atomic mass is 10.1. The topological polar surface area (TPSA) is 72.1 Å². The van der Waals surface area contributed by atoms with E-state index in [-0.39, 0.29) is 0 Å². The lowest BCUT2D eigenvalue weighted by molar-refractivity contribution is 0.779. The number of nitrogens with zero attached hydrogens (tertiary/aromatic N) is 5. The number of aryl methyl sites for hydroxylation is 2. The third-order valence-corrected chi connectivity index (χ3v) is 5.12. The Bertz CT molecular complexity index is 1170. The summed E-state index contributed by atoms with van der Waals surface area (Å²) in [5.74, 6) is 0.739. The molecule has 0 bridgehead atoms. The summed E-state index contributed by atoms with van der Waals surface area (Å²) in [6, 6.07) is 18.6. The summed E-state index contributed by atoms with van der Waals surface area (Å²) in [5, 5.41) is 11.5. The van der Waals surface area contributed by atoms with E-state index in [1.165, 1.54) is 0 Å². The monoisotopic (exact) mass is 413 g/mol. The number of benzene rings is 2. The van der Waals surface area contributed by atoms with Gasteiger partial charge in [0.2, 0.25) is 0 Å². The Kier molecular flexibility index (Phi) is 6.12. The Morgan fingerprint density at radius 1 is 0.935 bits per heavy atom. The molecule has 0 saturated carbocycles. The molecule has 2 aromatic carbocycles. The van der Waals surface area contributed by atoms with Gasteiger partial charge in [0.25, 0.3) is 0 Å². The molecule has 4 aromatic rings. The van der Waals surface area contributed by atoms with Crippen molar-refractivity contribution in [3.8, 4) is 11.4 Å². The van der Waals surface area contributed by atoms with Crippen molar-refractivity contribution < 1.29 is 0 Å². The molecular formula is C24H27N7. The third-order valence-electron chi connectivity index (χ3n) is 5.12. The van der Waals surface area contributed by atoms with E-state index in [2.05, 4.69) is 63.0 Å². The molecule has 2 heterocycles. The molecule has 0 spiro atoms. The van der Waals surface area contributed by atoms with Gasteiger partial charge in [-0.2, -0.15) is 5.10 Å². The quantitative estimate of drug-likeness (QED) is 0.375. The van der Waals surface area contributed by atoms with Crippen LogP contribution in [-0.4, -0.2) is 32.3 Å². The second-order valence-corrected chi connectivity index (χ2v) is 7.35. The van der Waals surface area contributed by atoms with Crippen molar-refractivity contribution in [2.24, 2.45) is 4.99 Å². The Morgan fingerprint density at radius 3 is 2.16 bits per heavy atom. The molecule has 0 amide bonds. The molecule has 0 aliphatic heterocycles. The van der Waals surface area contributed by atoms with Crippen molar-refractivity contribution in [2.75, 3.05) is 7.05 Å². The van der Waals surface area contributed by atoms with E-state index in [0.29, 0.717) is 13.1 Å². The summed E-state index contributed by atoms with van der Waals surface area (Å²) in [5.41, 5.74) is 6.60. The second-order valence-electron chi connectivity index (χ2n) is 7.35. The van der Waals surface area contributed by atoms with Crippen molar-refractivity contribution in [3.05, 3.63) is 95.8 Å². The van der Waals surface area contributed by atoms with Crippen molar-refractivity contribution in [1.29, 1.82) is 0 Å². The highest BCUT2D eigenvalue weighted by Crippen LogP contribution is 2.17. The first-order valence-corrected chi connectivity index (χ1v) is 10.3. The van der Waals surface area contributed by atoms with Crippen LogP contribution in [-0.2, 0) is 13.1 Å². The minimum absolute atomic E-state index is 0.636. The van der Waals surface area contributed by atoms with Crippen LogP contribution in [0.1, 0.15) is 22.5 Å². The van der Waals surface area contributed by atoms with E-state index >= 15 is 0 Å². The summed E-state index contributed by atoms with van der Waals surface area (Å²) < 4.78 is 4.00. The zero-order chi connectivity index (χ0) is 21.6. The summed E-state index contributed by atoms with van der Waals surface area (Å²) in [7, 11) is 1.78. The molecule has 31 heavy (non-hydrogen) atoms. The van der Waals surface area contributed by atoms with Gasteiger partial charge in [-0.1, -0.05) is 36.4 Å². The molecule has 2 N–H and O–H groups in total. The number of hydrogen-bond donors (Lipinski definition) is 2. The Labute approximate surface area is 182 Å². The maximum absolute atomic E-state index is 4.63. The van der Waals surface area contributed by atoms with Crippen LogP contribution < -0.4 is 10.6 Å². The molecule has 2 aromatic heterocycles. The largest absolute Gasteiger partial charge is 0.352 e. The van der Waals surface area contributed by atoms with Crippen molar-refractivity contribution in [1.82, 2.24) is 30.0 Å². The minimum atomic E-state index is 0.636. The normalized spacial score (nSPS) is 11.5. The zero-order valence-corrected chi connectivity index (χ0v) is 18.1. The number of rotatable bonds is 6. The van der Waals surface area contributed by atoms with Gasteiger partial charge >= 0.3 is 0 Å². The van der Waals surface area contributed by atoms with Gasteiger partial charge in [0, 0.05) is 38.2 Å². The maximum Gasteiger partial charge on any atom is 0.191 e.